The van der Waals surface area contributed by atoms with Crippen molar-refractivity contribution in [3.8, 4) is 0 Å². The van der Waals surface area contributed by atoms with E-state index in [9.17, 15) is 0 Å². The molecule has 0 aliphatic rings. The lowest BCUT2D eigenvalue weighted by Crippen LogP contribution is -1.93. The van der Waals surface area contributed by atoms with Gasteiger partial charge in [-0.25, -0.2) is 4.98 Å². The van der Waals surface area contributed by atoms with Crippen LogP contribution in [0.3, 0.4) is 0 Å². The van der Waals surface area contributed by atoms with Gasteiger partial charge in [-0.15, -0.1) is 23.5 Å². The maximum absolute atomic E-state index is 4.60. The zero-order valence-electron chi connectivity index (χ0n) is 14.7. The fraction of sp³-hybridized carbons (Fsp3) is 0.0952. The fourth-order valence-electron chi connectivity index (χ4n) is 2.36. The van der Waals surface area contributed by atoms with Gasteiger partial charge in [0.25, 0.3) is 0 Å². The van der Waals surface area contributed by atoms with Crippen molar-refractivity contribution in [2.75, 3.05) is 12.5 Å². The van der Waals surface area contributed by atoms with Crippen LogP contribution in [0.2, 0.25) is 0 Å². The van der Waals surface area contributed by atoms with Crippen LogP contribution in [0, 0.1) is 0 Å². The third-order valence-corrected chi connectivity index (χ3v) is 5.20. The molecule has 26 heavy (non-hydrogen) atoms. The number of hydrogen-bond donors (Lipinski definition) is 0. The van der Waals surface area contributed by atoms with Gasteiger partial charge in [-0.2, -0.15) is 0 Å². The highest BCUT2D eigenvalue weighted by Crippen LogP contribution is 2.28. The maximum atomic E-state index is 4.60. The van der Waals surface area contributed by atoms with E-state index in [1.54, 1.807) is 36.0 Å². The average Bonchev–Trinajstić information content (AvgIpc) is 2.71. The predicted molar refractivity (Wildman–Crippen MR) is 115 cm³/mol. The molecule has 1 heterocycles. The molecule has 5 heteroatoms. The van der Waals surface area contributed by atoms with E-state index >= 15 is 0 Å². The van der Waals surface area contributed by atoms with Crippen LogP contribution < -0.4 is 0 Å². The van der Waals surface area contributed by atoms with Crippen LogP contribution in [-0.2, 0) is 0 Å². The van der Waals surface area contributed by atoms with Gasteiger partial charge in [-0.1, -0.05) is 30.3 Å². The SMILES string of the molecule is CSc1ccccc1N=Cc1cccc(C=Nc2ccccc2SC)n1. The van der Waals surface area contributed by atoms with Gasteiger partial charge < -0.3 is 0 Å². The van der Waals surface area contributed by atoms with Crippen LogP contribution in [0.15, 0.2) is 86.5 Å². The predicted octanol–water partition coefficient (Wildman–Crippen LogP) is 6.03. The van der Waals surface area contributed by atoms with Gasteiger partial charge in [0.2, 0.25) is 0 Å². The molecule has 0 unspecified atom stereocenters. The van der Waals surface area contributed by atoms with Crippen molar-refractivity contribution in [1.29, 1.82) is 0 Å². The number of aliphatic imine (C=N–C) groups is 2. The Bertz CT molecular complexity index is 863. The molecule has 0 aliphatic carbocycles. The lowest BCUT2D eigenvalue weighted by atomic mass is 10.3. The molecule has 2 aromatic carbocycles. The van der Waals surface area contributed by atoms with Crippen LogP contribution in [0.25, 0.3) is 0 Å². The van der Waals surface area contributed by atoms with E-state index in [0.29, 0.717) is 0 Å². The Kier molecular flexibility index (Phi) is 6.63. The number of benzene rings is 2. The molecular formula is C21H19N3S2. The van der Waals surface area contributed by atoms with Gasteiger partial charge in [0, 0.05) is 9.79 Å². The standard InChI is InChI=1S/C21H19N3S2/c1-25-20-12-5-3-10-18(20)22-14-16-8-7-9-17(24-16)15-23-19-11-4-6-13-21(19)26-2/h3-15H,1-2H3. The molecule has 0 fully saturated rings. The summed E-state index contributed by atoms with van der Waals surface area (Å²) < 4.78 is 0. The van der Waals surface area contributed by atoms with Crippen molar-refractivity contribution in [3.63, 3.8) is 0 Å². The minimum atomic E-state index is 0.808. The summed E-state index contributed by atoms with van der Waals surface area (Å²) in [6, 6.07) is 22.0. The van der Waals surface area contributed by atoms with E-state index in [-0.39, 0.29) is 0 Å². The first kappa shape index (κ1) is 18.4. The zero-order valence-corrected chi connectivity index (χ0v) is 16.3. The first-order chi connectivity index (χ1) is 12.8. The van der Waals surface area contributed by atoms with E-state index in [0.717, 1.165) is 32.6 Å². The molecule has 0 N–H and O–H groups in total. The first-order valence-corrected chi connectivity index (χ1v) is 10.6. The van der Waals surface area contributed by atoms with Gasteiger partial charge in [0.05, 0.1) is 35.2 Å². The number of thioether (sulfide) groups is 2. The molecule has 0 saturated carbocycles. The molecule has 0 atom stereocenters. The summed E-state index contributed by atoms with van der Waals surface area (Å²) >= 11 is 3.37. The Balaban J connectivity index is 1.80. The minimum Gasteiger partial charge on any atom is -0.253 e. The summed E-state index contributed by atoms with van der Waals surface area (Å²) in [5.74, 6) is 0. The summed E-state index contributed by atoms with van der Waals surface area (Å²) in [7, 11) is 0. The van der Waals surface area contributed by atoms with E-state index in [4.69, 9.17) is 0 Å². The molecule has 0 bridgehead atoms. The lowest BCUT2D eigenvalue weighted by Gasteiger charge is -2.02. The van der Waals surface area contributed by atoms with Gasteiger partial charge in [-0.3, -0.25) is 9.98 Å². The van der Waals surface area contributed by atoms with Gasteiger partial charge in [-0.05, 0) is 48.9 Å². The molecule has 130 valence electrons. The second-order valence-corrected chi connectivity index (χ2v) is 7.04. The first-order valence-electron chi connectivity index (χ1n) is 8.11. The van der Waals surface area contributed by atoms with Crippen LogP contribution in [0.1, 0.15) is 11.4 Å². The van der Waals surface area contributed by atoms with Crippen LogP contribution in [-0.4, -0.2) is 29.9 Å². The van der Waals surface area contributed by atoms with Crippen molar-refractivity contribution in [2.24, 2.45) is 9.98 Å². The zero-order chi connectivity index (χ0) is 18.2. The number of hydrogen-bond acceptors (Lipinski definition) is 5. The Morgan fingerprint density at radius 2 is 1.12 bits per heavy atom. The van der Waals surface area contributed by atoms with Crippen molar-refractivity contribution >= 4 is 47.3 Å². The quantitative estimate of drug-likeness (QED) is 0.389. The number of rotatable bonds is 6. The molecule has 3 aromatic rings. The number of aromatic nitrogens is 1. The summed E-state index contributed by atoms with van der Waals surface area (Å²) in [5, 5.41) is 0. The van der Waals surface area contributed by atoms with Crippen molar-refractivity contribution in [2.45, 2.75) is 9.79 Å². The second kappa shape index (κ2) is 9.36. The molecule has 0 saturated heterocycles. The van der Waals surface area contributed by atoms with E-state index in [2.05, 4.69) is 39.6 Å². The molecular weight excluding hydrogens is 358 g/mol. The van der Waals surface area contributed by atoms with Crippen LogP contribution in [0.5, 0.6) is 0 Å². The Hall–Kier alpha value is -2.37. The molecule has 0 amide bonds. The lowest BCUT2D eigenvalue weighted by molar-refractivity contribution is 1.27. The Morgan fingerprint density at radius 3 is 1.58 bits per heavy atom. The van der Waals surface area contributed by atoms with E-state index in [1.807, 2.05) is 54.6 Å². The van der Waals surface area contributed by atoms with Gasteiger partial charge in [0.1, 0.15) is 0 Å². The molecule has 0 radical (unpaired) electrons. The van der Waals surface area contributed by atoms with Crippen molar-refractivity contribution < 1.29 is 0 Å². The van der Waals surface area contributed by atoms with Gasteiger partial charge in [0.15, 0.2) is 0 Å². The third-order valence-electron chi connectivity index (χ3n) is 3.63. The highest BCUT2D eigenvalue weighted by atomic mass is 32.2. The molecule has 0 aliphatic heterocycles. The normalized spacial score (nSPS) is 11.5. The van der Waals surface area contributed by atoms with Crippen molar-refractivity contribution in [1.82, 2.24) is 4.98 Å². The summed E-state index contributed by atoms with van der Waals surface area (Å²) in [4.78, 5) is 16.1. The largest absolute Gasteiger partial charge is 0.253 e. The summed E-state index contributed by atoms with van der Waals surface area (Å²) in [5.41, 5.74) is 3.52. The third kappa shape index (κ3) is 4.84. The van der Waals surface area contributed by atoms with E-state index in [1.165, 1.54) is 0 Å². The minimum absolute atomic E-state index is 0.808. The number of para-hydroxylation sites is 2. The molecule has 3 rings (SSSR count). The average molecular weight is 378 g/mol. The second-order valence-electron chi connectivity index (χ2n) is 5.35. The van der Waals surface area contributed by atoms with E-state index < -0.39 is 0 Å². The topological polar surface area (TPSA) is 37.6 Å². The maximum Gasteiger partial charge on any atom is 0.0820 e. The highest BCUT2D eigenvalue weighted by molar-refractivity contribution is 7.99. The van der Waals surface area contributed by atoms with Gasteiger partial charge >= 0.3 is 0 Å². The molecule has 3 nitrogen and oxygen atoms in total. The monoisotopic (exact) mass is 377 g/mol. The number of nitrogens with zero attached hydrogens (tertiary/aromatic N) is 3. The summed E-state index contributed by atoms with van der Waals surface area (Å²) in [6.07, 6.45) is 7.69. The van der Waals surface area contributed by atoms with Crippen LogP contribution in [0.4, 0.5) is 11.4 Å². The van der Waals surface area contributed by atoms with Crippen LogP contribution >= 0.6 is 23.5 Å². The fourth-order valence-corrected chi connectivity index (χ4v) is 3.45. The smallest absolute Gasteiger partial charge is 0.0820 e. The Labute approximate surface area is 162 Å². The van der Waals surface area contributed by atoms with Crippen molar-refractivity contribution in [3.05, 3.63) is 78.1 Å². The summed E-state index contributed by atoms with van der Waals surface area (Å²) in [6.45, 7) is 0. The molecule has 0 spiro atoms. The highest BCUT2D eigenvalue weighted by Gasteiger charge is 2.00. The Morgan fingerprint density at radius 1 is 0.654 bits per heavy atom. The number of pyridine rings is 1. The molecule has 1 aromatic heterocycles.